The summed E-state index contributed by atoms with van der Waals surface area (Å²) in [6, 6.07) is 9.00. The fraction of sp³-hybridized carbons (Fsp3) is 0.450. The van der Waals surface area contributed by atoms with Crippen molar-refractivity contribution in [3.63, 3.8) is 0 Å². The molecule has 1 aromatic heterocycles. The summed E-state index contributed by atoms with van der Waals surface area (Å²) in [5, 5.41) is 11.2. The van der Waals surface area contributed by atoms with E-state index in [-0.39, 0.29) is 11.3 Å². The first-order valence-electron chi connectivity index (χ1n) is 9.18. The van der Waals surface area contributed by atoms with E-state index < -0.39 is 12.0 Å². The molecule has 142 valence electrons. The number of rotatable bonds is 2. The molecule has 2 aliphatic heterocycles. The molecule has 7 heteroatoms. The lowest BCUT2D eigenvalue weighted by Gasteiger charge is -2.39. The molecule has 2 saturated heterocycles. The molecular formula is C20H22ClN3O3. The number of piperidine rings is 1. The van der Waals surface area contributed by atoms with Gasteiger partial charge in [-0.05, 0) is 55.0 Å². The third kappa shape index (κ3) is 3.34. The highest BCUT2D eigenvalue weighted by Crippen LogP contribution is 2.44. The minimum atomic E-state index is -0.903. The van der Waals surface area contributed by atoms with Crippen LogP contribution in [0.3, 0.4) is 0 Å². The minimum Gasteiger partial charge on any atom is -0.480 e. The SMILES string of the molecule is CC(=O)N1CC2(CCN(c3ccc4cc(Cl)ccc4n3)CC2)C[C@@H]1C(=O)O. The van der Waals surface area contributed by atoms with E-state index in [0.717, 1.165) is 42.7 Å². The molecule has 0 bridgehead atoms. The summed E-state index contributed by atoms with van der Waals surface area (Å²) in [6.45, 7) is 3.61. The zero-order valence-electron chi connectivity index (χ0n) is 15.2. The molecule has 1 N–H and O–H groups in total. The molecule has 1 spiro atoms. The van der Waals surface area contributed by atoms with E-state index in [9.17, 15) is 14.7 Å². The summed E-state index contributed by atoms with van der Waals surface area (Å²) in [7, 11) is 0. The highest BCUT2D eigenvalue weighted by atomic mass is 35.5. The third-order valence-corrected chi connectivity index (χ3v) is 6.22. The first-order valence-corrected chi connectivity index (χ1v) is 9.56. The molecule has 4 rings (SSSR count). The maximum Gasteiger partial charge on any atom is 0.326 e. The number of hydrogen-bond acceptors (Lipinski definition) is 4. The monoisotopic (exact) mass is 387 g/mol. The summed E-state index contributed by atoms with van der Waals surface area (Å²) in [5.41, 5.74) is 0.807. The summed E-state index contributed by atoms with van der Waals surface area (Å²) in [6.07, 6.45) is 2.27. The zero-order chi connectivity index (χ0) is 19.2. The standard InChI is InChI=1S/C20H22ClN3O3/c1-13(25)24-12-20(11-17(24)19(26)27)6-8-23(9-7-20)18-5-2-14-10-15(21)3-4-16(14)22-18/h2-5,10,17H,6-9,11-12H2,1H3,(H,26,27)/t17-/m1/s1. The highest BCUT2D eigenvalue weighted by Gasteiger charge is 2.49. The molecule has 0 unspecified atom stereocenters. The van der Waals surface area contributed by atoms with Gasteiger partial charge in [0.25, 0.3) is 0 Å². The number of carbonyl (C=O) groups is 2. The number of nitrogens with zero attached hydrogens (tertiary/aromatic N) is 3. The zero-order valence-corrected chi connectivity index (χ0v) is 15.9. The number of anilines is 1. The Labute approximate surface area is 162 Å². The van der Waals surface area contributed by atoms with Crippen molar-refractivity contribution in [1.29, 1.82) is 0 Å². The van der Waals surface area contributed by atoms with Crippen molar-refractivity contribution < 1.29 is 14.7 Å². The van der Waals surface area contributed by atoms with Crippen molar-refractivity contribution in [2.45, 2.75) is 32.2 Å². The first kappa shape index (κ1) is 18.0. The number of fused-ring (bicyclic) bond motifs is 1. The summed E-state index contributed by atoms with van der Waals surface area (Å²) >= 11 is 6.04. The predicted molar refractivity (Wildman–Crippen MR) is 104 cm³/mol. The Morgan fingerprint density at radius 3 is 2.59 bits per heavy atom. The first-order chi connectivity index (χ1) is 12.9. The summed E-state index contributed by atoms with van der Waals surface area (Å²) in [5.74, 6) is -0.133. The smallest absolute Gasteiger partial charge is 0.326 e. The van der Waals surface area contributed by atoms with Gasteiger partial charge in [-0.2, -0.15) is 0 Å². The molecule has 6 nitrogen and oxygen atoms in total. The molecule has 3 heterocycles. The lowest BCUT2D eigenvalue weighted by Crippen LogP contribution is -2.42. The number of benzene rings is 1. The molecule has 0 radical (unpaired) electrons. The molecule has 27 heavy (non-hydrogen) atoms. The predicted octanol–water partition coefficient (Wildman–Crippen LogP) is 3.18. The molecule has 1 amide bonds. The normalized spacial score (nSPS) is 21.8. The van der Waals surface area contributed by atoms with Crippen LogP contribution in [0, 0.1) is 5.41 Å². The van der Waals surface area contributed by atoms with Crippen molar-refractivity contribution in [1.82, 2.24) is 9.88 Å². The van der Waals surface area contributed by atoms with Crippen LogP contribution in [-0.4, -0.2) is 52.5 Å². The molecule has 0 saturated carbocycles. The maximum atomic E-state index is 11.9. The van der Waals surface area contributed by atoms with Gasteiger partial charge >= 0.3 is 5.97 Å². The quantitative estimate of drug-likeness (QED) is 0.856. The van der Waals surface area contributed by atoms with Gasteiger partial charge in [0, 0.05) is 37.0 Å². The number of amides is 1. The second kappa shape index (κ2) is 6.68. The van der Waals surface area contributed by atoms with Gasteiger partial charge in [0.1, 0.15) is 11.9 Å². The van der Waals surface area contributed by atoms with Crippen molar-refractivity contribution >= 4 is 40.2 Å². The van der Waals surface area contributed by atoms with Crippen LogP contribution in [0.5, 0.6) is 0 Å². The van der Waals surface area contributed by atoms with Gasteiger partial charge in [0.2, 0.25) is 5.91 Å². The molecular weight excluding hydrogens is 366 g/mol. The number of aromatic nitrogens is 1. The molecule has 1 aromatic carbocycles. The van der Waals surface area contributed by atoms with Crippen LogP contribution >= 0.6 is 11.6 Å². The Bertz CT molecular complexity index is 884. The number of pyridine rings is 1. The van der Waals surface area contributed by atoms with Gasteiger partial charge < -0.3 is 14.9 Å². The number of hydrogen-bond donors (Lipinski definition) is 1. The Kier molecular flexibility index (Phi) is 4.46. The molecule has 0 aliphatic carbocycles. The summed E-state index contributed by atoms with van der Waals surface area (Å²) in [4.78, 5) is 31.9. The van der Waals surface area contributed by atoms with Crippen molar-refractivity contribution in [2.75, 3.05) is 24.5 Å². The molecule has 2 fully saturated rings. The third-order valence-electron chi connectivity index (χ3n) is 5.98. The number of carbonyl (C=O) groups excluding carboxylic acids is 1. The average molecular weight is 388 g/mol. The summed E-state index contributed by atoms with van der Waals surface area (Å²) < 4.78 is 0. The second-order valence-electron chi connectivity index (χ2n) is 7.70. The number of carboxylic acid groups (broad SMARTS) is 1. The second-order valence-corrected chi connectivity index (χ2v) is 8.14. The maximum absolute atomic E-state index is 11.9. The Balaban J connectivity index is 1.50. The molecule has 2 aromatic rings. The van der Waals surface area contributed by atoms with Crippen molar-refractivity contribution in [3.05, 3.63) is 35.4 Å². The van der Waals surface area contributed by atoms with Gasteiger partial charge in [-0.1, -0.05) is 11.6 Å². The van der Waals surface area contributed by atoms with Crippen LogP contribution < -0.4 is 4.90 Å². The van der Waals surface area contributed by atoms with E-state index in [1.165, 1.54) is 11.8 Å². The lowest BCUT2D eigenvalue weighted by molar-refractivity contribution is -0.147. The van der Waals surface area contributed by atoms with Crippen LogP contribution in [0.25, 0.3) is 10.9 Å². The van der Waals surface area contributed by atoms with E-state index in [2.05, 4.69) is 4.90 Å². The van der Waals surface area contributed by atoms with Crippen LogP contribution in [0.1, 0.15) is 26.2 Å². The van der Waals surface area contributed by atoms with Crippen LogP contribution in [0.4, 0.5) is 5.82 Å². The van der Waals surface area contributed by atoms with E-state index >= 15 is 0 Å². The van der Waals surface area contributed by atoms with E-state index in [1.54, 1.807) is 0 Å². The number of carboxylic acids is 1. The number of likely N-dealkylation sites (tertiary alicyclic amines) is 1. The van der Waals surface area contributed by atoms with E-state index in [0.29, 0.717) is 18.0 Å². The Morgan fingerprint density at radius 1 is 1.22 bits per heavy atom. The molecule has 1 atom stereocenters. The van der Waals surface area contributed by atoms with Gasteiger partial charge in [-0.25, -0.2) is 9.78 Å². The van der Waals surface area contributed by atoms with Crippen LogP contribution in [0.2, 0.25) is 5.02 Å². The van der Waals surface area contributed by atoms with E-state index in [1.807, 2.05) is 30.3 Å². The fourth-order valence-electron chi connectivity index (χ4n) is 4.44. The van der Waals surface area contributed by atoms with Gasteiger partial charge in [-0.3, -0.25) is 4.79 Å². The average Bonchev–Trinajstić information content (AvgIpc) is 3.02. The van der Waals surface area contributed by atoms with Crippen molar-refractivity contribution in [2.24, 2.45) is 5.41 Å². The van der Waals surface area contributed by atoms with Gasteiger partial charge in [0.15, 0.2) is 0 Å². The van der Waals surface area contributed by atoms with Crippen LogP contribution in [0.15, 0.2) is 30.3 Å². The highest BCUT2D eigenvalue weighted by molar-refractivity contribution is 6.31. The van der Waals surface area contributed by atoms with E-state index in [4.69, 9.17) is 16.6 Å². The van der Waals surface area contributed by atoms with Gasteiger partial charge in [0.05, 0.1) is 5.52 Å². The van der Waals surface area contributed by atoms with Gasteiger partial charge in [-0.15, -0.1) is 0 Å². The number of halogens is 1. The van der Waals surface area contributed by atoms with Crippen molar-refractivity contribution in [3.8, 4) is 0 Å². The fourth-order valence-corrected chi connectivity index (χ4v) is 4.62. The number of aliphatic carboxylic acids is 1. The largest absolute Gasteiger partial charge is 0.480 e. The minimum absolute atomic E-state index is 0.102. The topological polar surface area (TPSA) is 73.7 Å². The lowest BCUT2D eigenvalue weighted by atomic mass is 9.76. The Hall–Kier alpha value is -2.34. The van der Waals surface area contributed by atoms with Crippen LogP contribution in [-0.2, 0) is 9.59 Å². The Morgan fingerprint density at radius 2 is 1.96 bits per heavy atom. The molecule has 2 aliphatic rings.